The quantitative estimate of drug-likeness (QED) is 0.732. The van der Waals surface area contributed by atoms with E-state index in [-0.39, 0.29) is 5.91 Å². The summed E-state index contributed by atoms with van der Waals surface area (Å²) in [4.78, 5) is 28.7. The molecule has 108 valence electrons. The Morgan fingerprint density at radius 3 is 2.65 bits per heavy atom. The zero-order valence-electron chi connectivity index (χ0n) is 11.6. The molecule has 20 heavy (non-hydrogen) atoms. The second-order valence-corrected chi connectivity index (χ2v) is 6.43. The molecule has 1 aromatic carbocycles. The van der Waals surface area contributed by atoms with Gasteiger partial charge in [-0.1, -0.05) is 22.0 Å². The van der Waals surface area contributed by atoms with Crippen LogP contribution in [0.1, 0.15) is 32.8 Å². The van der Waals surface area contributed by atoms with Crippen LogP contribution in [0.3, 0.4) is 0 Å². The lowest BCUT2D eigenvalue weighted by Crippen LogP contribution is -2.39. The lowest BCUT2D eigenvalue weighted by atomic mass is 10.0. The summed E-state index contributed by atoms with van der Waals surface area (Å²) < 4.78 is 5.88. The minimum atomic E-state index is -0.890. The van der Waals surface area contributed by atoms with Gasteiger partial charge in [0.05, 0.1) is 5.69 Å². The maximum absolute atomic E-state index is 11.9. The van der Waals surface area contributed by atoms with Crippen LogP contribution >= 0.6 is 15.9 Å². The van der Waals surface area contributed by atoms with Gasteiger partial charge in [-0.15, -0.1) is 5.06 Å². The van der Waals surface area contributed by atoms with Crippen LogP contribution in [0.25, 0.3) is 0 Å². The van der Waals surface area contributed by atoms with Crippen molar-refractivity contribution in [3.63, 3.8) is 0 Å². The number of carbonyl (C=O) groups is 2. The molecule has 1 amide bonds. The van der Waals surface area contributed by atoms with Crippen molar-refractivity contribution in [2.24, 2.45) is 0 Å². The van der Waals surface area contributed by atoms with Crippen LogP contribution in [0, 0.1) is 0 Å². The summed E-state index contributed by atoms with van der Waals surface area (Å²) in [5.74, 6) is -0.263. The summed E-state index contributed by atoms with van der Waals surface area (Å²) in [6.45, 7) is 5.20. The van der Waals surface area contributed by atoms with Crippen LogP contribution in [0.4, 0.5) is 10.5 Å². The highest BCUT2D eigenvalue weighted by molar-refractivity contribution is 9.10. The van der Waals surface area contributed by atoms with Gasteiger partial charge in [-0.25, -0.2) is 4.79 Å². The molecular weight excluding hydrogens is 326 g/mol. The van der Waals surface area contributed by atoms with Gasteiger partial charge >= 0.3 is 6.16 Å². The molecule has 0 saturated carbocycles. The number of hydrogen-bond donors (Lipinski definition) is 0. The fourth-order valence-electron chi connectivity index (χ4n) is 1.86. The van der Waals surface area contributed by atoms with Gasteiger partial charge in [0.1, 0.15) is 5.60 Å². The van der Waals surface area contributed by atoms with Crippen molar-refractivity contribution in [1.82, 2.24) is 0 Å². The van der Waals surface area contributed by atoms with E-state index in [4.69, 9.17) is 9.57 Å². The lowest BCUT2D eigenvalue weighted by molar-refractivity contribution is -0.126. The number of carbonyl (C=O) groups excluding carboxylic acids is 2. The molecule has 0 spiro atoms. The van der Waals surface area contributed by atoms with Crippen LogP contribution in [0.5, 0.6) is 0 Å². The van der Waals surface area contributed by atoms with Crippen LogP contribution in [-0.4, -0.2) is 17.7 Å². The van der Waals surface area contributed by atoms with Crippen molar-refractivity contribution in [2.75, 3.05) is 5.06 Å². The third-order valence-electron chi connectivity index (χ3n) is 2.66. The molecule has 0 unspecified atom stereocenters. The van der Waals surface area contributed by atoms with Crippen molar-refractivity contribution in [3.05, 3.63) is 28.2 Å². The summed E-state index contributed by atoms with van der Waals surface area (Å²) >= 11 is 3.34. The number of nitrogens with zero attached hydrogens (tertiary/aromatic N) is 1. The number of ether oxygens (including phenoxy) is 1. The molecule has 0 N–H and O–H groups in total. The molecule has 0 bridgehead atoms. The van der Waals surface area contributed by atoms with E-state index in [2.05, 4.69) is 15.9 Å². The maximum atomic E-state index is 11.9. The first kappa shape index (κ1) is 14.8. The number of fused-ring (bicyclic) bond motifs is 1. The minimum Gasteiger partial charge on any atom is -0.427 e. The SMILES string of the molecule is CC(C)(C)OC(=O)ON1C(=O)CCc2ccc(Br)cc21. The Morgan fingerprint density at radius 2 is 2.00 bits per heavy atom. The van der Waals surface area contributed by atoms with Crippen molar-refractivity contribution >= 4 is 33.7 Å². The molecule has 2 rings (SSSR count). The monoisotopic (exact) mass is 341 g/mol. The number of amides is 1. The third kappa shape index (κ3) is 3.50. The number of hydroxylamine groups is 1. The predicted molar refractivity (Wildman–Crippen MR) is 77.3 cm³/mol. The van der Waals surface area contributed by atoms with Crippen molar-refractivity contribution < 1.29 is 19.2 Å². The molecule has 0 saturated heterocycles. The highest BCUT2D eigenvalue weighted by Gasteiger charge is 2.30. The molecular formula is C14H16BrNO4. The Labute approximate surface area is 125 Å². The Kier molecular flexibility index (Phi) is 4.04. The number of halogens is 1. The van der Waals surface area contributed by atoms with Crippen LogP contribution in [0.15, 0.2) is 22.7 Å². The first-order valence-corrected chi connectivity index (χ1v) is 7.08. The van der Waals surface area contributed by atoms with Gasteiger partial charge in [0.15, 0.2) is 0 Å². The predicted octanol–water partition coefficient (Wildman–Crippen LogP) is 3.60. The summed E-state index contributed by atoms with van der Waals surface area (Å²) in [7, 11) is 0. The van der Waals surface area contributed by atoms with Crippen LogP contribution in [-0.2, 0) is 20.8 Å². The van der Waals surface area contributed by atoms with Gasteiger partial charge in [0.25, 0.3) is 5.91 Å². The normalized spacial score (nSPS) is 14.8. The average Bonchev–Trinajstić information content (AvgIpc) is 2.31. The Balaban J connectivity index is 2.21. The molecule has 6 heteroatoms. The second-order valence-electron chi connectivity index (χ2n) is 5.52. The largest absolute Gasteiger partial charge is 0.534 e. The highest BCUT2D eigenvalue weighted by atomic mass is 79.9. The molecule has 0 radical (unpaired) electrons. The van der Waals surface area contributed by atoms with Gasteiger partial charge in [0, 0.05) is 10.9 Å². The van der Waals surface area contributed by atoms with E-state index >= 15 is 0 Å². The van der Waals surface area contributed by atoms with Crippen molar-refractivity contribution in [2.45, 2.75) is 39.2 Å². The van der Waals surface area contributed by atoms with Gasteiger partial charge in [-0.05, 0) is 44.9 Å². The number of benzene rings is 1. The number of hydrogen-bond acceptors (Lipinski definition) is 4. The summed E-state index contributed by atoms with van der Waals surface area (Å²) in [5.41, 5.74) is 0.855. The van der Waals surface area contributed by atoms with Gasteiger partial charge < -0.3 is 4.74 Å². The average molecular weight is 342 g/mol. The van der Waals surface area contributed by atoms with Crippen LogP contribution in [0.2, 0.25) is 0 Å². The first-order chi connectivity index (χ1) is 9.26. The molecule has 0 fully saturated rings. The third-order valence-corrected chi connectivity index (χ3v) is 3.15. The zero-order valence-corrected chi connectivity index (χ0v) is 13.2. The minimum absolute atomic E-state index is 0.263. The zero-order chi connectivity index (χ0) is 14.9. The van der Waals surface area contributed by atoms with Gasteiger partial charge in [-0.2, -0.15) is 0 Å². The topological polar surface area (TPSA) is 55.8 Å². The van der Waals surface area contributed by atoms with E-state index in [1.807, 2.05) is 12.1 Å². The molecule has 0 aromatic heterocycles. The molecule has 1 heterocycles. The lowest BCUT2D eigenvalue weighted by Gasteiger charge is -2.28. The fraction of sp³-hybridized carbons (Fsp3) is 0.429. The number of aryl methyl sites for hydroxylation is 1. The molecule has 0 aliphatic carbocycles. The highest BCUT2D eigenvalue weighted by Crippen LogP contribution is 2.31. The Hall–Kier alpha value is -1.56. The number of rotatable bonds is 1. The maximum Gasteiger partial charge on any atom is 0.534 e. The first-order valence-electron chi connectivity index (χ1n) is 6.28. The Morgan fingerprint density at radius 1 is 1.30 bits per heavy atom. The molecule has 1 aromatic rings. The van der Waals surface area contributed by atoms with Crippen molar-refractivity contribution in [1.29, 1.82) is 0 Å². The van der Waals surface area contributed by atoms with Crippen LogP contribution < -0.4 is 5.06 Å². The molecule has 0 atom stereocenters. The number of anilines is 1. The van der Waals surface area contributed by atoms with Crippen molar-refractivity contribution in [3.8, 4) is 0 Å². The standard InChI is InChI=1S/C14H16BrNO4/c1-14(2,3)19-13(18)20-16-11-8-10(15)6-4-9(11)5-7-12(16)17/h4,6,8H,5,7H2,1-3H3. The van der Waals surface area contributed by atoms with E-state index in [0.29, 0.717) is 18.5 Å². The van der Waals surface area contributed by atoms with Gasteiger partial charge in [-0.3, -0.25) is 9.63 Å². The summed E-state index contributed by atoms with van der Waals surface area (Å²) in [6.07, 6.45) is 0.0474. The second kappa shape index (κ2) is 5.44. The van der Waals surface area contributed by atoms with Gasteiger partial charge in [0.2, 0.25) is 0 Å². The van der Waals surface area contributed by atoms with E-state index < -0.39 is 11.8 Å². The van der Waals surface area contributed by atoms with E-state index in [9.17, 15) is 9.59 Å². The smallest absolute Gasteiger partial charge is 0.427 e. The van der Waals surface area contributed by atoms with E-state index in [1.54, 1.807) is 26.8 Å². The molecule has 5 nitrogen and oxygen atoms in total. The van der Waals surface area contributed by atoms with E-state index in [0.717, 1.165) is 15.1 Å². The fourth-order valence-corrected chi connectivity index (χ4v) is 2.21. The Bertz CT molecular complexity index is 551. The molecule has 1 aliphatic heterocycles. The summed E-state index contributed by atoms with van der Waals surface area (Å²) in [6, 6.07) is 5.54. The van der Waals surface area contributed by atoms with E-state index in [1.165, 1.54) is 0 Å². The molecule has 1 aliphatic rings. The summed E-state index contributed by atoms with van der Waals surface area (Å²) in [5, 5.41) is 1.01.